The molecule has 0 spiro atoms. The number of amides is 3. The number of nitrogens with zero attached hydrogens (tertiary/aromatic N) is 2. The Kier molecular flexibility index (Phi) is 12.7. The lowest BCUT2D eigenvalue weighted by atomic mass is 10.1. The van der Waals surface area contributed by atoms with Gasteiger partial charge in [-0.25, -0.2) is 9.78 Å². The lowest BCUT2D eigenvalue weighted by Crippen LogP contribution is -2.57. The lowest BCUT2D eigenvalue weighted by molar-refractivity contribution is -0.142. The van der Waals surface area contributed by atoms with Crippen LogP contribution >= 0.6 is 12.6 Å². The van der Waals surface area contributed by atoms with Crippen LogP contribution in [0.25, 0.3) is 0 Å². The largest absolute Gasteiger partial charge is 0.481 e. The highest BCUT2D eigenvalue weighted by Gasteiger charge is 2.31. The second kappa shape index (κ2) is 15.2. The molecule has 17 heteroatoms. The Labute approximate surface area is 211 Å². The van der Waals surface area contributed by atoms with Gasteiger partial charge in [0.1, 0.15) is 18.1 Å². The molecule has 0 saturated carbocycles. The van der Waals surface area contributed by atoms with Crippen molar-refractivity contribution in [1.29, 1.82) is 0 Å². The molecule has 200 valence electrons. The van der Waals surface area contributed by atoms with Crippen LogP contribution in [0.3, 0.4) is 0 Å². The maximum Gasteiger partial charge on any atom is 0.327 e. The standard InChI is InChI=1S/C19H31N9O7S/c20-10(4-9-6-23-8-25-9)15(31)27-12(5-14(29)30)17(33)26-11(2-1-3-24-19(21)22)16(32)28-13(7-36)18(34)35/h6,8,10-13,36H,1-5,7,20H2,(H,23,25)(H,26,33)(H,27,31)(H,28,32)(H,29,30)(H,34,35)(H4,21,22,24). The van der Waals surface area contributed by atoms with Gasteiger partial charge in [-0.1, -0.05) is 0 Å². The highest BCUT2D eigenvalue weighted by molar-refractivity contribution is 7.80. The van der Waals surface area contributed by atoms with E-state index in [-0.39, 0.29) is 37.5 Å². The van der Waals surface area contributed by atoms with Crippen molar-refractivity contribution < 1.29 is 34.2 Å². The molecule has 0 aliphatic carbocycles. The minimum atomic E-state index is -1.57. The second-order valence-corrected chi connectivity index (χ2v) is 8.00. The Bertz CT molecular complexity index is 938. The Morgan fingerprint density at radius 2 is 1.64 bits per heavy atom. The third-order valence-corrected chi connectivity index (χ3v) is 5.08. The molecular formula is C19H31N9O7S. The summed E-state index contributed by atoms with van der Waals surface area (Å²) in [5.74, 6) is -5.79. The van der Waals surface area contributed by atoms with Crippen LogP contribution in [0.5, 0.6) is 0 Å². The number of aliphatic imine (C=N–C) groups is 1. The molecule has 0 aromatic carbocycles. The van der Waals surface area contributed by atoms with E-state index in [0.717, 1.165) is 0 Å². The fourth-order valence-electron chi connectivity index (χ4n) is 2.89. The van der Waals surface area contributed by atoms with E-state index in [4.69, 9.17) is 22.3 Å². The molecule has 1 aromatic heterocycles. The van der Waals surface area contributed by atoms with Gasteiger partial charge in [-0.05, 0) is 12.8 Å². The van der Waals surface area contributed by atoms with Gasteiger partial charge in [-0.15, -0.1) is 0 Å². The first-order valence-electron chi connectivity index (χ1n) is 10.7. The molecule has 4 unspecified atom stereocenters. The molecule has 1 heterocycles. The summed E-state index contributed by atoms with van der Waals surface area (Å²) in [5.41, 5.74) is 16.9. The van der Waals surface area contributed by atoms with Crippen molar-refractivity contribution >= 4 is 48.2 Å². The van der Waals surface area contributed by atoms with Crippen molar-refractivity contribution in [3.05, 3.63) is 18.2 Å². The van der Waals surface area contributed by atoms with E-state index in [9.17, 15) is 29.1 Å². The molecule has 1 aromatic rings. The third kappa shape index (κ3) is 11.0. The number of carboxylic acids is 2. The summed E-state index contributed by atoms with van der Waals surface area (Å²) in [6.45, 7) is 0.106. The minimum Gasteiger partial charge on any atom is -0.481 e. The second-order valence-electron chi connectivity index (χ2n) is 7.64. The van der Waals surface area contributed by atoms with Gasteiger partial charge in [0, 0.05) is 30.6 Å². The van der Waals surface area contributed by atoms with Crippen LogP contribution in [0, 0.1) is 0 Å². The van der Waals surface area contributed by atoms with Crippen LogP contribution in [0.4, 0.5) is 0 Å². The number of rotatable bonds is 16. The quantitative estimate of drug-likeness (QED) is 0.0430. The zero-order valence-corrected chi connectivity index (χ0v) is 20.1. The van der Waals surface area contributed by atoms with Crippen molar-refractivity contribution in [3.63, 3.8) is 0 Å². The summed E-state index contributed by atoms with van der Waals surface area (Å²) >= 11 is 3.88. The molecule has 16 nitrogen and oxygen atoms in total. The monoisotopic (exact) mass is 529 g/mol. The molecule has 0 aliphatic heterocycles. The number of carbonyl (C=O) groups is 5. The van der Waals surface area contributed by atoms with Crippen molar-refractivity contribution in [2.75, 3.05) is 12.3 Å². The first kappa shape index (κ1) is 30.2. The molecule has 0 saturated heterocycles. The zero-order chi connectivity index (χ0) is 27.3. The Balaban J connectivity index is 2.96. The average molecular weight is 530 g/mol. The smallest absolute Gasteiger partial charge is 0.327 e. The number of hydrogen-bond acceptors (Lipinski definition) is 9. The van der Waals surface area contributed by atoms with Gasteiger partial charge in [0.25, 0.3) is 0 Å². The van der Waals surface area contributed by atoms with Crippen molar-refractivity contribution in [2.24, 2.45) is 22.2 Å². The number of H-pyrrole nitrogens is 1. The van der Waals surface area contributed by atoms with Crippen LogP contribution in [0.2, 0.25) is 0 Å². The van der Waals surface area contributed by atoms with Crippen LogP contribution < -0.4 is 33.2 Å². The van der Waals surface area contributed by atoms with E-state index >= 15 is 0 Å². The Morgan fingerprint density at radius 1 is 1.03 bits per heavy atom. The highest BCUT2D eigenvalue weighted by Crippen LogP contribution is 2.04. The molecule has 0 bridgehead atoms. The van der Waals surface area contributed by atoms with E-state index in [1.165, 1.54) is 12.5 Å². The number of imidazole rings is 1. The summed E-state index contributed by atoms with van der Waals surface area (Å²) in [6.07, 6.45) is 2.27. The summed E-state index contributed by atoms with van der Waals surface area (Å²) in [7, 11) is 0. The molecule has 36 heavy (non-hydrogen) atoms. The topological polar surface area (TPSA) is 281 Å². The summed E-state index contributed by atoms with van der Waals surface area (Å²) in [5, 5.41) is 25.2. The van der Waals surface area contributed by atoms with Gasteiger partial charge in [0.15, 0.2) is 5.96 Å². The summed E-state index contributed by atoms with van der Waals surface area (Å²) in [6, 6.07) is -5.33. The lowest BCUT2D eigenvalue weighted by Gasteiger charge is -2.24. The van der Waals surface area contributed by atoms with Crippen molar-refractivity contribution in [3.8, 4) is 0 Å². The molecule has 0 radical (unpaired) electrons. The molecular weight excluding hydrogens is 498 g/mol. The van der Waals surface area contributed by atoms with E-state index < -0.39 is 60.2 Å². The van der Waals surface area contributed by atoms with Gasteiger partial charge < -0.3 is 48.3 Å². The van der Waals surface area contributed by atoms with Gasteiger partial charge in [0.2, 0.25) is 17.7 Å². The number of aromatic nitrogens is 2. The van der Waals surface area contributed by atoms with E-state index in [1.54, 1.807) is 0 Å². The number of carboxylic acid groups (broad SMARTS) is 2. The third-order valence-electron chi connectivity index (χ3n) is 4.72. The Hall–Kier alpha value is -3.86. The fourth-order valence-corrected chi connectivity index (χ4v) is 3.14. The van der Waals surface area contributed by atoms with Gasteiger partial charge >= 0.3 is 11.9 Å². The number of aliphatic carboxylic acids is 2. The molecule has 4 atom stereocenters. The van der Waals surface area contributed by atoms with Crippen molar-refractivity contribution in [2.45, 2.75) is 49.9 Å². The van der Waals surface area contributed by atoms with Crippen molar-refractivity contribution in [1.82, 2.24) is 25.9 Å². The summed E-state index contributed by atoms with van der Waals surface area (Å²) in [4.78, 5) is 70.9. The first-order valence-corrected chi connectivity index (χ1v) is 11.3. The Morgan fingerprint density at radius 3 is 2.17 bits per heavy atom. The van der Waals surface area contributed by atoms with Crippen LogP contribution in [0.1, 0.15) is 25.0 Å². The number of nitrogens with two attached hydrogens (primary N) is 3. The highest BCUT2D eigenvalue weighted by atomic mass is 32.1. The zero-order valence-electron chi connectivity index (χ0n) is 19.2. The van der Waals surface area contributed by atoms with Crippen LogP contribution in [-0.4, -0.2) is 92.3 Å². The normalized spacial score (nSPS) is 13.9. The number of nitrogens with one attached hydrogen (secondary N) is 4. The average Bonchev–Trinajstić information content (AvgIpc) is 3.30. The predicted octanol–water partition coefficient (Wildman–Crippen LogP) is -3.72. The fraction of sp³-hybridized carbons (Fsp3) is 0.526. The SMILES string of the molecule is NC(N)=NCCCC(NC(=O)C(CC(=O)O)NC(=O)C(N)Cc1cnc[nH]1)C(=O)NC(CS)C(=O)O. The number of guanidine groups is 1. The van der Waals surface area contributed by atoms with E-state index in [0.29, 0.717) is 5.69 Å². The number of carbonyl (C=O) groups excluding carboxylic acids is 3. The van der Waals surface area contributed by atoms with E-state index in [2.05, 4.69) is 43.5 Å². The van der Waals surface area contributed by atoms with E-state index in [1.807, 2.05) is 0 Å². The molecule has 0 aliphatic rings. The minimum absolute atomic E-state index is 0.0274. The van der Waals surface area contributed by atoms with Crippen LogP contribution in [-0.2, 0) is 30.4 Å². The van der Waals surface area contributed by atoms with Crippen LogP contribution in [0.15, 0.2) is 17.5 Å². The predicted molar refractivity (Wildman–Crippen MR) is 130 cm³/mol. The first-order chi connectivity index (χ1) is 16.9. The van der Waals surface area contributed by atoms with Gasteiger partial charge in [-0.2, -0.15) is 12.6 Å². The number of thiol groups is 1. The maximum absolute atomic E-state index is 12.9. The molecule has 12 N–H and O–H groups in total. The molecule has 0 fully saturated rings. The van der Waals surface area contributed by atoms with Gasteiger partial charge in [0.05, 0.1) is 18.8 Å². The maximum atomic E-state index is 12.9. The molecule has 3 amide bonds. The molecule has 1 rings (SSSR count). The van der Waals surface area contributed by atoms with Gasteiger partial charge in [-0.3, -0.25) is 24.2 Å². The number of aromatic amines is 1. The number of hydrogen-bond donors (Lipinski definition) is 10. The summed E-state index contributed by atoms with van der Waals surface area (Å²) < 4.78 is 0.